The fraction of sp³-hybridized carbons (Fsp3) is 0.750. The van der Waals surface area contributed by atoms with Gasteiger partial charge in [-0.2, -0.15) is 4.37 Å². The van der Waals surface area contributed by atoms with E-state index in [4.69, 9.17) is 5.73 Å². The lowest BCUT2D eigenvalue weighted by atomic mass is 9.96. The molecule has 2 heterocycles. The van der Waals surface area contributed by atoms with Crippen molar-refractivity contribution < 1.29 is 8.42 Å². The summed E-state index contributed by atoms with van der Waals surface area (Å²) < 4.78 is 30.1. The van der Waals surface area contributed by atoms with Crippen molar-refractivity contribution in [3.63, 3.8) is 0 Å². The van der Waals surface area contributed by atoms with Crippen molar-refractivity contribution in [3.8, 4) is 0 Å². The second kappa shape index (κ2) is 5.87. The van der Waals surface area contributed by atoms with E-state index in [9.17, 15) is 8.42 Å². The Morgan fingerprint density at radius 2 is 2.20 bits per heavy atom. The molecule has 2 N–H and O–H groups in total. The number of nitrogen functional groups attached to an aromatic ring is 1. The highest BCUT2D eigenvalue weighted by Crippen LogP contribution is 2.38. The van der Waals surface area contributed by atoms with Gasteiger partial charge in [0.2, 0.25) is 10.0 Å². The number of aromatic nitrogens is 1. The van der Waals surface area contributed by atoms with Crippen LogP contribution in [0.25, 0.3) is 0 Å². The van der Waals surface area contributed by atoms with Gasteiger partial charge in [0, 0.05) is 27.2 Å². The van der Waals surface area contributed by atoms with E-state index >= 15 is 0 Å². The Balaban J connectivity index is 2.39. The van der Waals surface area contributed by atoms with Crippen LogP contribution in [-0.2, 0) is 10.0 Å². The van der Waals surface area contributed by atoms with Crippen LogP contribution < -0.4 is 10.6 Å². The lowest BCUT2D eigenvalue weighted by Crippen LogP contribution is -2.36. The lowest BCUT2D eigenvalue weighted by Gasteiger charge is -2.33. The summed E-state index contributed by atoms with van der Waals surface area (Å²) in [7, 11) is -0.524. The number of hydrogen-bond donors (Lipinski definition) is 1. The first-order valence-corrected chi connectivity index (χ1v) is 9.01. The maximum absolute atomic E-state index is 12.4. The summed E-state index contributed by atoms with van der Waals surface area (Å²) in [5.74, 6) is 0.722. The van der Waals surface area contributed by atoms with Crippen molar-refractivity contribution in [2.75, 3.05) is 37.8 Å². The highest BCUT2D eigenvalue weighted by molar-refractivity contribution is 7.89. The minimum Gasteiger partial charge on any atom is -0.382 e. The predicted molar refractivity (Wildman–Crippen MR) is 82.6 cm³/mol. The molecule has 1 aromatic rings. The minimum atomic E-state index is -3.55. The standard InChI is InChI=1S/C12H22N4O2S2/c1-4-9-6-5-7-16(8-9)12-10(11(13)14-19-12)20(17,18)15(2)3/h9H,4-8H2,1-3H3,(H2,13,14). The van der Waals surface area contributed by atoms with E-state index in [2.05, 4.69) is 16.2 Å². The number of piperidine rings is 1. The zero-order valence-corrected chi connectivity index (χ0v) is 13.8. The van der Waals surface area contributed by atoms with Gasteiger partial charge in [-0.1, -0.05) is 13.3 Å². The van der Waals surface area contributed by atoms with Crippen LogP contribution in [0.3, 0.4) is 0 Å². The smallest absolute Gasteiger partial charge is 0.249 e. The van der Waals surface area contributed by atoms with Crippen LogP contribution in [0.5, 0.6) is 0 Å². The molecular weight excluding hydrogens is 296 g/mol. The van der Waals surface area contributed by atoms with E-state index in [0.29, 0.717) is 10.9 Å². The molecule has 0 aromatic carbocycles. The Morgan fingerprint density at radius 1 is 1.50 bits per heavy atom. The number of nitrogens with two attached hydrogens (primary N) is 1. The van der Waals surface area contributed by atoms with E-state index in [1.165, 1.54) is 36.4 Å². The van der Waals surface area contributed by atoms with Crippen molar-refractivity contribution in [1.29, 1.82) is 0 Å². The largest absolute Gasteiger partial charge is 0.382 e. The first-order chi connectivity index (χ1) is 9.37. The summed E-state index contributed by atoms with van der Waals surface area (Å²) in [6, 6.07) is 0. The van der Waals surface area contributed by atoms with Crippen LogP contribution in [-0.4, -0.2) is 44.3 Å². The van der Waals surface area contributed by atoms with Gasteiger partial charge in [0.1, 0.15) is 5.00 Å². The van der Waals surface area contributed by atoms with Crippen LogP contribution in [0.1, 0.15) is 26.2 Å². The molecule has 114 valence electrons. The maximum atomic E-state index is 12.4. The Labute approximate surface area is 124 Å². The van der Waals surface area contributed by atoms with Crippen molar-refractivity contribution in [3.05, 3.63) is 0 Å². The molecule has 0 amide bonds. The van der Waals surface area contributed by atoms with Gasteiger partial charge < -0.3 is 10.6 Å². The zero-order chi connectivity index (χ0) is 14.9. The molecule has 1 unspecified atom stereocenters. The summed E-state index contributed by atoms with van der Waals surface area (Å²) in [5, 5.41) is 0.689. The van der Waals surface area contributed by atoms with Gasteiger partial charge in [-0.15, -0.1) is 0 Å². The SMILES string of the molecule is CCC1CCCN(c2snc(N)c2S(=O)(=O)N(C)C)C1. The Bertz CT molecular complexity index is 568. The van der Waals surface area contributed by atoms with Crippen molar-refractivity contribution in [1.82, 2.24) is 8.68 Å². The Kier molecular flexibility index (Phi) is 4.55. The monoisotopic (exact) mass is 318 g/mol. The maximum Gasteiger partial charge on any atom is 0.249 e. The van der Waals surface area contributed by atoms with Gasteiger partial charge in [0.05, 0.1) is 0 Å². The second-order valence-corrected chi connectivity index (χ2v) is 8.19. The zero-order valence-electron chi connectivity index (χ0n) is 12.2. The van der Waals surface area contributed by atoms with Gasteiger partial charge in [-0.25, -0.2) is 12.7 Å². The molecule has 1 atom stereocenters. The van der Waals surface area contributed by atoms with Crippen molar-refractivity contribution in [2.24, 2.45) is 5.92 Å². The lowest BCUT2D eigenvalue weighted by molar-refractivity contribution is 0.404. The number of rotatable bonds is 4. The molecule has 1 saturated heterocycles. The predicted octanol–water partition coefficient (Wildman–Crippen LogP) is 1.60. The van der Waals surface area contributed by atoms with Gasteiger partial charge >= 0.3 is 0 Å². The third-order valence-corrected chi connectivity index (χ3v) is 6.71. The molecule has 1 aliphatic rings. The summed E-state index contributed by atoms with van der Waals surface area (Å²) in [6.07, 6.45) is 3.40. The van der Waals surface area contributed by atoms with Crippen molar-refractivity contribution in [2.45, 2.75) is 31.1 Å². The molecule has 1 aromatic heterocycles. The summed E-state index contributed by atoms with van der Waals surface area (Å²) in [6.45, 7) is 3.93. The molecule has 20 heavy (non-hydrogen) atoms. The Hall–Kier alpha value is -0.860. The van der Waals surface area contributed by atoms with Gasteiger partial charge in [-0.05, 0) is 30.3 Å². The topological polar surface area (TPSA) is 79.5 Å². The highest BCUT2D eigenvalue weighted by Gasteiger charge is 2.32. The molecule has 0 aliphatic carbocycles. The minimum absolute atomic E-state index is 0.109. The molecule has 8 heteroatoms. The molecular formula is C12H22N4O2S2. The van der Waals surface area contributed by atoms with E-state index in [0.717, 1.165) is 25.9 Å². The van der Waals surface area contributed by atoms with Crippen molar-refractivity contribution >= 4 is 32.4 Å². The van der Waals surface area contributed by atoms with E-state index in [1.807, 2.05) is 0 Å². The molecule has 1 aliphatic heterocycles. The summed E-state index contributed by atoms with van der Waals surface area (Å²) in [4.78, 5) is 2.30. The molecule has 0 bridgehead atoms. The van der Waals surface area contributed by atoms with Gasteiger partial charge in [-0.3, -0.25) is 0 Å². The molecule has 0 saturated carbocycles. The van der Waals surface area contributed by atoms with Crippen LogP contribution in [0.4, 0.5) is 10.8 Å². The normalized spacial score (nSPS) is 20.6. The number of sulfonamides is 1. The fourth-order valence-electron chi connectivity index (χ4n) is 2.49. The molecule has 6 nitrogen and oxygen atoms in total. The number of hydrogen-bond acceptors (Lipinski definition) is 6. The molecule has 0 radical (unpaired) electrons. The first kappa shape index (κ1) is 15.5. The number of anilines is 2. The van der Waals surface area contributed by atoms with Crippen LogP contribution in [0.15, 0.2) is 4.90 Å². The fourth-order valence-corrected chi connectivity index (χ4v) is 4.75. The molecule has 0 spiro atoms. The average Bonchev–Trinajstić information content (AvgIpc) is 2.81. The van der Waals surface area contributed by atoms with Gasteiger partial charge in [0.15, 0.2) is 10.7 Å². The third-order valence-electron chi connectivity index (χ3n) is 3.78. The highest BCUT2D eigenvalue weighted by atomic mass is 32.2. The van der Waals surface area contributed by atoms with Crippen LogP contribution in [0.2, 0.25) is 0 Å². The first-order valence-electron chi connectivity index (χ1n) is 6.80. The summed E-state index contributed by atoms with van der Waals surface area (Å²) >= 11 is 1.18. The summed E-state index contributed by atoms with van der Waals surface area (Å²) in [5.41, 5.74) is 5.81. The quantitative estimate of drug-likeness (QED) is 0.912. The van der Waals surface area contributed by atoms with E-state index < -0.39 is 10.0 Å². The van der Waals surface area contributed by atoms with E-state index in [1.54, 1.807) is 0 Å². The number of nitrogens with zero attached hydrogens (tertiary/aromatic N) is 3. The molecule has 1 fully saturated rings. The average molecular weight is 318 g/mol. The van der Waals surface area contributed by atoms with Crippen LogP contribution in [0, 0.1) is 5.92 Å². The van der Waals surface area contributed by atoms with Gasteiger partial charge in [0.25, 0.3) is 0 Å². The third kappa shape index (κ3) is 2.77. The van der Waals surface area contributed by atoms with Crippen LogP contribution >= 0.6 is 11.5 Å². The Morgan fingerprint density at radius 3 is 2.80 bits per heavy atom. The van der Waals surface area contributed by atoms with E-state index in [-0.39, 0.29) is 10.7 Å². The molecule has 2 rings (SSSR count). The second-order valence-electron chi connectivity index (χ2n) is 5.35.